The monoisotopic (exact) mass is 146 g/mol. The summed E-state index contributed by atoms with van der Waals surface area (Å²) in [5.41, 5.74) is 1.95. The zero-order chi connectivity index (χ0) is 8.10. The Kier molecular flexibility index (Phi) is 2.55. The second-order valence-electron chi connectivity index (χ2n) is 2.09. The molecule has 0 N–H and O–H groups in total. The van der Waals surface area contributed by atoms with Gasteiger partial charge < -0.3 is 0 Å². The molecule has 0 heterocycles. The Morgan fingerprint density at radius 1 is 1.36 bits per heavy atom. The van der Waals surface area contributed by atoms with Crippen LogP contribution in [0.1, 0.15) is 0 Å². The van der Waals surface area contributed by atoms with Crippen LogP contribution in [-0.2, 0) is 0 Å². The van der Waals surface area contributed by atoms with Crippen molar-refractivity contribution < 1.29 is 0 Å². The molecule has 0 aromatic rings. The van der Waals surface area contributed by atoms with Crippen LogP contribution in [0.25, 0.3) is 0 Å². The second kappa shape index (κ2) is 3.66. The Morgan fingerprint density at radius 2 is 2.09 bits per heavy atom. The van der Waals surface area contributed by atoms with E-state index < -0.39 is 0 Å². The van der Waals surface area contributed by atoms with Gasteiger partial charge in [-0.05, 0) is 12.8 Å². The summed E-state index contributed by atoms with van der Waals surface area (Å²) in [6.07, 6.45) is 9.49. The summed E-state index contributed by atoms with van der Waals surface area (Å²) in [4.78, 5) is 7.75. The van der Waals surface area contributed by atoms with E-state index in [0.29, 0.717) is 0 Å². The maximum absolute atomic E-state index is 4.07. The van der Waals surface area contributed by atoms with Crippen LogP contribution in [0.4, 0.5) is 0 Å². The summed E-state index contributed by atoms with van der Waals surface area (Å²) >= 11 is 0. The van der Waals surface area contributed by atoms with Crippen LogP contribution in [0.5, 0.6) is 0 Å². The Labute approximate surface area is 66.4 Å². The lowest BCUT2D eigenvalue weighted by Gasteiger charge is -2.02. The van der Waals surface area contributed by atoms with Gasteiger partial charge in [0.05, 0.1) is 5.71 Å². The standard InChI is InChI=1S/C9H10N2/c1-10-7-8-5-3-4-6-9(8)11-2/h3-7H,1H2,2H3/b8-7-,11-9?. The maximum atomic E-state index is 4.07. The molecule has 1 aliphatic rings. The van der Waals surface area contributed by atoms with Gasteiger partial charge in [0.1, 0.15) is 0 Å². The van der Waals surface area contributed by atoms with E-state index in [1.165, 1.54) is 0 Å². The Hall–Kier alpha value is -1.44. The fraction of sp³-hybridized carbons (Fsp3) is 0.111. The Balaban J connectivity index is 2.97. The molecule has 1 aliphatic carbocycles. The minimum atomic E-state index is 0.944. The molecule has 1 rings (SSSR count). The van der Waals surface area contributed by atoms with Crippen LogP contribution in [0.2, 0.25) is 0 Å². The van der Waals surface area contributed by atoms with Crippen LogP contribution in [0.3, 0.4) is 0 Å². The van der Waals surface area contributed by atoms with Gasteiger partial charge in [-0.25, -0.2) is 0 Å². The molecule has 11 heavy (non-hydrogen) atoms. The minimum absolute atomic E-state index is 0.944. The van der Waals surface area contributed by atoms with Crippen molar-refractivity contribution >= 4 is 12.4 Å². The Bertz CT molecular complexity index is 267. The average Bonchev–Trinajstić information content (AvgIpc) is 2.06. The molecule has 0 amide bonds. The van der Waals surface area contributed by atoms with Crippen LogP contribution in [0.15, 0.2) is 46.1 Å². The first-order valence-electron chi connectivity index (χ1n) is 3.36. The molecular weight excluding hydrogens is 136 g/mol. The highest BCUT2D eigenvalue weighted by Gasteiger charge is 2.00. The molecule has 0 saturated carbocycles. The van der Waals surface area contributed by atoms with E-state index in [1.807, 2.05) is 24.3 Å². The van der Waals surface area contributed by atoms with Crippen molar-refractivity contribution in [2.75, 3.05) is 7.05 Å². The molecule has 0 aromatic carbocycles. The number of allylic oxidation sites excluding steroid dienone is 5. The van der Waals surface area contributed by atoms with Gasteiger partial charge in [0.15, 0.2) is 0 Å². The molecule has 0 saturated heterocycles. The number of nitrogens with zero attached hydrogens (tertiary/aromatic N) is 2. The van der Waals surface area contributed by atoms with E-state index in [-0.39, 0.29) is 0 Å². The highest BCUT2D eigenvalue weighted by molar-refractivity contribution is 6.11. The molecule has 2 heteroatoms. The summed E-state index contributed by atoms with van der Waals surface area (Å²) in [5, 5.41) is 0. The van der Waals surface area contributed by atoms with Crippen molar-refractivity contribution in [1.29, 1.82) is 0 Å². The fourth-order valence-corrected chi connectivity index (χ4v) is 0.899. The zero-order valence-corrected chi connectivity index (χ0v) is 6.49. The summed E-state index contributed by atoms with van der Waals surface area (Å²) < 4.78 is 0. The maximum Gasteiger partial charge on any atom is 0.0658 e. The van der Waals surface area contributed by atoms with Gasteiger partial charge in [-0.2, -0.15) is 0 Å². The van der Waals surface area contributed by atoms with Gasteiger partial charge in [0, 0.05) is 18.8 Å². The van der Waals surface area contributed by atoms with E-state index in [0.717, 1.165) is 11.3 Å². The fourth-order valence-electron chi connectivity index (χ4n) is 0.899. The van der Waals surface area contributed by atoms with Crippen LogP contribution >= 0.6 is 0 Å². The van der Waals surface area contributed by atoms with Gasteiger partial charge in [0.2, 0.25) is 0 Å². The van der Waals surface area contributed by atoms with Gasteiger partial charge >= 0.3 is 0 Å². The molecule has 0 spiro atoms. The smallest absolute Gasteiger partial charge is 0.0658 e. The third kappa shape index (κ3) is 1.74. The lowest BCUT2D eigenvalue weighted by atomic mass is 10.1. The third-order valence-corrected chi connectivity index (χ3v) is 1.41. The lowest BCUT2D eigenvalue weighted by molar-refractivity contribution is 1.42. The van der Waals surface area contributed by atoms with Crippen molar-refractivity contribution in [1.82, 2.24) is 0 Å². The second-order valence-corrected chi connectivity index (χ2v) is 2.09. The largest absolute Gasteiger partial charge is 0.288 e. The molecule has 56 valence electrons. The molecule has 2 nitrogen and oxygen atoms in total. The van der Waals surface area contributed by atoms with Crippen LogP contribution in [0, 0.1) is 0 Å². The summed E-state index contributed by atoms with van der Waals surface area (Å²) in [6.45, 7) is 3.38. The molecule has 0 bridgehead atoms. The minimum Gasteiger partial charge on any atom is -0.288 e. The third-order valence-electron chi connectivity index (χ3n) is 1.41. The molecule has 0 unspecified atom stereocenters. The molecular formula is C9H10N2. The number of hydrogen-bond donors (Lipinski definition) is 0. The molecule has 0 radical (unpaired) electrons. The van der Waals surface area contributed by atoms with E-state index in [1.54, 1.807) is 13.2 Å². The molecule has 0 aliphatic heterocycles. The van der Waals surface area contributed by atoms with Crippen LogP contribution < -0.4 is 0 Å². The first-order valence-corrected chi connectivity index (χ1v) is 3.36. The van der Waals surface area contributed by atoms with Crippen LogP contribution in [-0.4, -0.2) is 19.5 Å². The van der Waals surface area contributed by atoms with E-state index >= 15 is 0 Å². The van der Waals surface area contributed by atoms with Gasteiger partial charge in [0.25, 0.3) is 0 Å². The number of aliphatic imine (C=N–C) groups is 2. The number of hydrogen-bond acceptors (Lipinski definition) is 2. The first-order chi connectivity index (χ1) is 5.38. The topological polar surface area (TPSA) is 24.7 Å². The predicted molar refractivity (Wildman–Crippen MR) is 49.3 cm³/mol. The highest BCUT2D eigenvalue weighted by atomic mass is 14.7. The van der Waals surface area contributed by atoms with Crippen molar-refractivity contribution in [2.45, 2.75) is 0 Å². The average molecular weight is 146 g/mol. The Morgan fingerprint density at radius 3 is 2.73 bits per heavy atom. The van der Waals surface area contributed by atoms with Gasteiger partial charge in [-0.3, -0.25) is 9.98 Å². The van der Waals surface area contributed by atoms with Crippen molar-refractivity contribution in [3.8, 4) is 0 Å². The van der Waals surface area contributed by atoms with Gasteiger partial charge in [-0.15, -0.1) is 0 Å². The predicted octanol–water partition coefficient (Wildman–Crippen LogP) is 1.77. The summed E-state index contributed by atoms with van der Waals surface area (Å²) in [5.74, 6) is 0. The molecule has 0 atom stereocenters. The van der Waals surface area contributed by atoms with E-state index in [2.05, 4.69) is 16.7 Å². The number of rotatable bonds is 1. The van der Waals surface area contributed by atoms with Crippen molar-refractivity contribution in [3.05, 3.63) is 36.1 Å². The van der Waals surface area contributed by atoms with Crippen molar-refractivity contribution in [2.24, 2.45) is 9.98 Å². The summed E-state index contributed by atoms with van der Waals surface area (Å²) in [7, 11) is 1.76. The van der Waals surface area contributed by atoms with Gasteiger partial charge in [-0.1, -0.05) is 18.2 Å². The lowest BCUT2D eigenvalue weighted by Crippen LogP contribution is -1.98. The first kappa shape index (κ1) is 7.66. The highest BCUT2D eigenvalue weighted by Crippen LogP contribution is 2.07. The molecule has 0 aromatic heterocycles. The SMILES string of the molecule is C=N/C=C1/C=CC=CC1=NC. The quantitative estimate of drug-likeness (QED) is 0.504. The molecule has 0 fully saturated rings. The van der Waals surface area contributed by atoms with E-state index in [9.17, 15) is 0 Å². The normalized spacial score (nSPS) is 23.0. The van der Waals surface area contributed by atoms with E-state index in [4.69, 9.17) is 0 Å². The zero-order valence-electron chi connectivity index (χ0n) is 6.49. The van der Waals surface area contributed by atoms with Crippen molar-refractivity contribution in [3.63, 3.8) is 0 Å². The summed E-state index contributed by atoms with van der Waals surface area (Å²) in [6, 6.07) is 0.